The normalized spacial score (nSPS) is 20.6. The number of nitrogens with zero attached hydrogens (tertiary/aromatic N) is 3. The van der Waals surface area contributed by atoms with Crippen LogP contribution in [-0.4, -0.2) is 46.3 Å². The maximum Gasteiger partial charge on any atom is 0.272 e. The van der Waals surface area contributed by atoms with Gasteiger partial charge in [0, 0.05) is 19.1 Å². The minimum Gasteiger partial charge on any atom is -0.487 e. The zero-order valence-corrected chi connectivity index (χ0v) is 12.9. The second-order valence-corrected chi connectivity index (χ2v) is 5.99. The summed E-state index contributed by atoms with van der Waals surface area (Å²) in [5.41, 5.74) is 1.47. The Balaban J connectivity index is 1.47. The Kier molecular flexibility index (Phi) is 3.75. The van der Waals surface area contributed by atoms with Gasteiger partial charge in [-0.3, -0.25) is 9.48 Å². The Morgan fingerprint density at radius 1 is 1.26 bits per heavy atom. The number of hydrogen-bond donors (Lipinski definition) is 1. The summed E-state index contributed by atoms with van der Waals surface area (Å²) in [6, 6.07) is 11.8. The van der Waals surface area contributed by atoms with E-state index in [1.165, 1.54) is 0 Å². The third-order valence-corrected chi connectivity index (χ3v) is 4.47. The fourth-order valence-corrected chi connectivity index (χ4v) is 3.26. The van der Waals surface area contributed by atoms with E-state index in [1.807, 2.05) is 46.0 Å². The number of hydrogen-bond acceptors (Lipinski definition) is 4. The number of rotatable bonds is 4. The Bertz CT molecular complexity index is 692. The number of ether oxygens (including phenoxy) is 1. The average molecular weight is 312 g/mol. The lowest BCUT2D eigenvalue weighted by Gasteiger charge is -2.32. The van der Waals surface area contributed by atoms with E-state index in [9.17, 15) is 4.79 Å². The second-order valence-electron chi connectivity index (χ2n) is 5.99. The molecule has 1 unspecified atom stereocenters. The molecule has 0 radical (unpaired) electrons. The zero-order chi connectivity index (χ0) is 15.6. The van der Waals surface area contributed by atoms with Gasteiger partial charge in [0.1, 0.15) is 23.7 Å². The predicted octanol–water partition coefficient (Wildman–Crippen LogP) is 1.28. The number of aromatic nitrogens is 2. The molecule has 120 valence electrons. The van der Waals surface area contributed by atoms with E-state index in [0.29, 0.717) is 18.3 Å². The van der Waals surface area contributed by atoms with Crippen molar-refractivity contribution in [3.05, 3.63) is 47.8 Å². The minimum atomic E-state index is 0.0865. The van der Waals surface area contributed by atoms with Crippen molar-refractivity contribution >= 4 is 5.91 Å². The van der Waals surface area contributed by atoms with Crippen LogP contribution in [0.25, 0.3) is 0 Å². The van der Waals surface area contributed by atoms with E-state index < -0.39 is 0 Å². The van der Waals surface area contributed by atoms with Crippen LogP contribution in [0.2, 0.25) is 0 Å². The van der Waals surface area contributed by atoms with Gasteiger partial charge < -0.3 is 15.0 Å². The smallest absolute Gasteiger partial charge is 0.272 e. The van der Waals surface area contributed by atoms with Crippen LogP contribution < -0.4 is 10.1 Å². The van der Waals surface area contributed by atoms with Gasteiger partial charge >= 0.3 is 0 Å². The molecular weight excluding hydrogens is 292 g/mol. The Morgan fingerprint density at radius 3 is 2.91 bits per heavy atom. The summed E-state index contributed by atoms with van der Waals surface area (Å²) in [6.45, 7) is 3.75. The van der Waals surface area contributed by atoms with E-state index in [2.05, 4.69) is 10.4 Å². The van der Waals surface area contributed by atoms with Crippen molar-refractivity contribution in [1.82, 2.24) is 20.0 Å². The van der Waals surface area contributed by atoms with E-state index in [1.54, 1.807) is 0 Å². The minimum absolute atomic E-state index is 0.0865. The number of carbonyl (C=O) groups excluding carboxylic acids is 1. The molecule has 0 aliphatic carbocycles. The molecule has 1 saturated heterocycles. The largest absolute Gasteiger partial charge is 0.487 e. The lowest BCUT2D eigenvalue weighted by Crippen LogP contribution is -2.47. The highest BCUT2D eigenvalue weighted by Gasteiger charge is 2.32. The SMILES string of the molecule is O=C1c2cc(COc3ccccc3)nn2CCN1C1CCNC1. The standard InChI is InChI=1S/C17H20N4O2/c22-17-16-10-13(12-23-15-4-2-1-3-5-15)19-21(16)9-8-20(17)14-6-7-18-11-14/h1-5,10,14,18H,6-9,11-12H2. The first-order valence-corrected chi connectivity index (χ1v) is 8.07. The summed E-state index contributed by atoms with van der Waals surface area (Å²) in [5.74, 6) is 0.895. The van der Waals surface area contributed by atoms with Gasteiger partial charge in [-0.2, -0.15) is 5.10 Å². The maximum absolute atomic E-state index is 12.7. The van der Waals surface area contributed by atoms with Crippen LogP contribution in [0.15, 0.2) is 36.4 Å². The molecule has 1 fully saturated rings. The van der Waals surface area contributed by atoms with Crippen LogP contribution in [0.4, 0.5) is 0 Å². The lowest BCUT2D eigenvalue weighted by atomic mass is 10.1. The molecular formula is C17H20N4O2. The number of nitrogens with one attached hydrogen (secondary N) is 1. The number of carbonyl (C=O) groups is 1. The van der Waals surface area contributed by atoms with Crippen LogP contribution in [0.1, 0.15) is 22.6 Å². The van der Waals surface area contributed by atoms with Gasteiger partial charge in [0.25, 0.3) is 5.91 Å². The average Bonchev–Trinajstić information content (AvgIpc) is 3.24. The number of fused-ring (bicyclic) bond motifs is 1. The fraction of sp³-hybridized carbons (Fsp3) is 0.412. The molecule has 4 rings (SSSR count). The van der Waals surface area contributed by atoms with Gasteiger partial charge in [0.15, 0.2) is 0 Å². The summed E-state index contributed by atoms with van der Waals surface area (Å²) in [4.78, 5) is 14.7. The maximum atomic E-state index is 12.7. The molecule has 23 heavy (non-hydrogen) atoms. The van der Waals surface area contributed by atoms with Gasteiger partial charge in [-0.25, -0.2) is 0 Å². The molecule has 0 spiro atoms. The van der Waals surface area contributed by atoms with Crippen LogP contribution in [0.3, 0.4) is 0 Å². The van der Waals surface area contributed by atoms with Crippen molar-refractivity contribution in [3.8, 4) is 5.75 Å². The van der Waals surface area contributed by atoms with Crippen molar-refractivity contribution in [2.75, 3.05) is 19.6 Å². The molecule has 1 N–H and O–H groups in total. The Labute approximate surface area is 135 Å². The van der Waals surface area contributed by atoms with Gasteiger partial charge in [-0.1, -0.05) is 18.2 Å². The number of benzene rings is 1. The molecule has 3 heterocycles. The molecule has 6 nitrogen and oxygen atoms in total. The first-order valence-electron chi connectivity index (χ1n) is 8.07. The van der Waals surface area contributed by atoms with Gasteiger partial charge in [0.05, 0.1) is 6.54 Å². The summed E-state index contributed by atoms with van der Waals surface area (Å²) in [6.07, 6.45) is 1.03. The summed E-state index contributed by atoms with van der Waals surface area (Å²) >= 11 is 0. The fourth-order valence-electron chi connectivity index (χ4n) is 3.26. The Morgan fingerprint density at radius 2 is 2.13 bits per heavy atom. The monoisotopic (exact) mass is 312 g/mol. The number of para-hydroxylation sites is 1. The van der Waals surface area contributed by atoms with Crippen molar-refractivity contribution in [2.24, 2.45) is 0 Å². The van der Waals surface area contributed by atoms with Crippen molar-refractivity contribution < 1.29 is 9.53 Å². The van der Waals surface area contributed by atoms with Crippen molar-refractivity contribution in [2.45, 2.75) is 25.6 Å². The molecule has 1 amide bonds. The molecule has 1 aromatic carbocycles. The molecule has 6 heteroatoms. The highest BCUT2D eigenvalue weighted by Crippen LogP contribution is 2.20. The molecule has 0 bridgehead atoms. The highest BCUT2D eigenvalue weighted by atomic mass is 16.5. The van der Waals surface area contributed by atoms with E-state index >= 15 is 0 Å². The van der Waals surface area contributed by atoms with E-state index in [-0.39, 0.29) is 5.91 Å². The first-order chi connectivity index (χ1) is 11.3. The topological polar surface area (TPSA) is 59.4 Å². The number of amides is 1. The predicted molar refractivity (Wildman–Crippen MR) is 85.3 cm³/mol. The molecule has 0 saturated carbocycles. The second kappa shape index (κ2) is 6.04. The summed E-state index contributed by atoms with van der Waals surface area (Å²) in [5, 5.41) is 7.83. The summed E-state index contributed by atoms with van der Waals surface area (Å²) in [7, 11) is 0. The van der Waals surface area contributed by atoms with Crippen molar-refractivity contribution in [3.63, 3.8) is 0 Å². The van der Waals surface area contributed by atoms with Crippen LogP contribution in [0.5, 0.6) is 5.75 Å². The molecule has 2 aliphatic rings. The molecule has 1 aromatic heterocycles. The van der Waals surface area contributed by atoms with Crippen LogP contribution in [0, 0.1) is 0 Å². The molecule has 1 atom stereocenters. The van der Waals surface area contributed by atoms with Gasteiger partial charge in [0.2, 0.25) is 0 Å². The van der Waals surface area contributed by atoms with Crippen molar-refractivity contribution in [1.29, 1.82) is 0 Å². The lowest BCUT2D eigenvalue weighted by molar-refractivity contribution is 0.0626. The zero-order valence-electron chi connectivity index (χ0n) is 12.9. The molecule has 2 aromatic rings. The summed E-state index contributed by atoms with van der Waals surface area (Å²) < 4.78 is 7.53. The quantitative estimate of drug-likeness (QED) is 0.924. The molecule has 2 aliphatic heterocycles. The third kappa shape index (κ3) is 2.82. The Hall–Kier alpha value is -2.34. The first kappa shape index (κ1) is 14.3. The van der Waals surface area contributed by atoms with E-state index in [4.69, 9.17) is 4.74 Å². The third-order valence-electron chi connectivity index (χ3n) is 4.47. The van der Waals surface area contributed by atoms with E-state index in [0.717, 1.165) is 44.0 Å². The van der Waals surface area contributed by atoms with Crippen LogP contribution >= 0.6 is 0 Å². The highest BCUT2D eigenvalue weighted by molar-refractivity contribution is 5.93. The van der Waals surface area contributed by atoms with Crippen LogP contribution in [-0.2, 0) is 13.2 Å². The van der Waals surface area contributed by atoms with Gasteiger partial charge in [-0.05, 0) is 31.2 Å². The van der Waals surface area contributed by atoms with Gasteiger partial charge in [-0.15, -0.1) is 0 Å².